The van der Waals surface area contributed by atoms with E-state index in [1.165, 1.54) is 64.8 Å². The van der Waals surface area contributed by atoms with Gasteiger partial charge in [-0.15, -0.1) is 0 Å². The SMILES string of the molecule is Cc1c2ccccc2cc2c3nccc4c5cc[c]([Ge]([CH3])([CH3])[CH3])cc5c5cccc(c12)c5c43. The quantitative estimate of drug-likeness (QED) is 0.130. The van der Waals surface area contributed by atoms with Crippen LogP contribution in [-0.2, 0) is 0 Å². The average Bonchev–Trinajstić information content (AvgIpc) is 2.82. The van der Waals surface area contributed by atoms with Crippen molar-refractivity contribution in [3.63, 3.8) is 0 Å². The van der Waals surface area contributed by atoms with Crippen molar-refractivity contribution < 1.29 is 0 Å². The molecule has 33 heavy (non-hydrogen) atoms. The van der Waals surface area contributed by atoms with Crippen LogP contribution in [0.2, 0.25) is 17.3 Å². The van der Waals surface area contributed by atoms with Gasteiger partial charge < -0.3 is 0 Å². The van der Waals surface area contributed by atoms with Crippen molar-refractivity contribution in [3.05, 3.63) is 84.6 Å². The molecule has 158 valence electrons. The summed E-state index contributed by atoms with van der Waals surface area (Å²) in [4.78, 5) is 4.98. The van der Waals surface area contributed by atoms with Gasteiger partial charge in [0.2, 0.25) is 0 Å². The third-order valence-electron chi connectivity index (χ3n) is 7.56. The van der Waals surface area contributed by atoms with Crippen LogP contribution in [0.3, 0.4) is 0 Å². The Morgan fingerprint density at radius 2 is 1.33 bits per heavy atom. The van der Waals surface area contributed by atoms with Crippen LogP contribution in [0.1, 0.15) is 5.56 Å². The van der Waals surface area contributed by atoms with Crippen LogP contribution >= 0.6 is 0 Å². The Kier molecular flexibility index (Phi) is 3.78. The first-order chi connectivity index (χ1) is 15.9. The second-order valence-corrected chi connectivity index (χ2v) is 21.1. The van der Waals surface area contributed by atoms with Crippen LogP contribution in [-0.4, -0.2) is 18.3 Å². The molecule has 2 heteroatoms. The van der Waals surface area contributed by atoms with E-state index >= 15 is 0 Å². The van der Waals surface area contributed by atoms with E-state index in [9.17, 15) is 0 Å². The normalized spacial score (nSPS) is 12.8. The number of hydrogen-bond donors (Lipinski definition) is 0. The second kappa shape index (κ2) is 6.45. The van der Waals surface area contributed by atoms with Gasteiger partial charge in [-0.1, -0.05) is 0 Å². The van der Waals surface area contributed by atoms with Crippen molar-refractivity contribution in [3.8, 4) is 0 Å². The molecule has 0 aliphatic heterocycles. The molecule has 0 N–H and O–H groups in total. The molecule has 0 aliphatic carbocycles. The monoisotopic (exact) mass is 485 g/mol. The molecule has 0 saturated carbocycles. The van der Waals surface area contributed by atoms with Crippen LogP contribution < -0.4 is 4.40 Å². The molecule has 0 bridgehead atoms. The standard InChI is InChI=1S/C31H25GeN/c1-18-21-9-6-5-8-19(21)16-27-28(18)25-11-7-10-23-26-17-20(32(2,3)4)12-13-22(26)24-14-15-33-31(27)30(24)29(23)25/h5-17H,1-4H3. The molecular weight excluding hydrogens is 459 g/mol. The van der Waals surface area contributed by atoms with Crippen molar-refractivity contribution in [2.45, 2.75) is 24.2 Å². The van der Waals surface area contributed by atoms with E-state index in [1.54, 1.807) is 4.40 Å². The van der Waals surface area contributed by atoms with Crippen molar-refractivity contribution in [2.24, 2.45) is 0 Å². The molecule has 0 radical (unpaired) electrons. The van der Waals surface area contributed by atoms with Gasteiger partial charge in [0.1, 0.15) is 0 Å². The van der Waals surface area contributed by atoms with E-state index in [1.807, 2.05) is 6.20 Å². The molecule has 6 aromatic carbocycles. The molecule has 0 spiro atoms. The van der Waals surface area contributed by atoms with E-state index in [0.29, 0.717) is 0 Å². The van der Waals surface area contributed by atoms with Gasteiger partial charge in [0.25, 0.3) is 0 Å². The predicted octanol–water partition coefficient (Wildman–Crippen LogP) is 8.29. The van der Waals surface area contributed by atoms with E-state index in [2.05, 4.69) is 97.0 Å². The molecule has 0 saturated heterocycles. The van der Waals surface area contributed by atoms with E-state index in [4.69, 9.17) is 4.98 Å². The number of aryl methyl sites for hydroxylation is 1. The number of aromatic nitrogens is 1. The fourth-order valence-electron chi connectivity index (χ4n) is 5.93. The molecule has 0 atom stereocenters. The topological polar surface area (TPSA) is 12.9 Å². The number of rotatable bonds is 1. The van der Waals surface area contributed by atoms with Crippen LogP contribution in [0.25, 0.3) is 64.8 Å². The number of hydrogen-bond acceptors (Lipinski definition) is 1. The van der Waals surface area contributed by atoms with Gasteiger partial charge in [0.15, 0.2) is 0 Å². The third-order valence-corrected chi connectivity index (χ3v) is 11.9. The fraction of sp³-hybridized carbons (Fsp3) is 0.129. The third kappa shape index (κ3) is 2.52. The first-order valence-electron chi connectivity index (χ1n) is 11.7. The van der Waals surface area contributed by atoms with Crippen molar-refractivity contribution in [1.29, 1.82) is 0 Å². The maximum absolute atomic E-state index is 4.98. The summed E-state index contributed by atoms with van der Waals surface area (Å²) >= 11 is -1.96. The van der Waals surface area contributed by atoms with Crippen molar-refractivity contribution in [2.75, 3.05) is 0 Å². The number of nitrogens with zero attached hydrogens (tertiary/aromatic N) is 1. The van der Waals surface area contributed by atoms with Crippen molar-refractivity contribution in [1.82, 2.24) is 4.98 Å². The molecule has 1 nitrogen and oxygen atoms in total. The van der Waals surface area contributed by atoms with Crippen LogP contribution in [0.5, 0.6) is 0 Å². The maximum atomic E-state index is 4.98. The molecule has 7 aromatic rings. The van der Waals surface area contributed by atoms with E-state index in [0.717, 1.165) is 5.52 Å². The fourth-order valence-corrected chi connectivity index (χ4v) is 8.36. The molecular formula is C31H25GeN. The summed E-state index contributed by atoms with van der Waals surface area (Å²) in [5, 5.41) is 14.6. The van der Waals surface area contributed by atoms with Gasteiger partial charge >= 0.3 is 196 Å². The van der Waals surface area contributed by atoms with Gasteiger partial charge in [-0.25, -0.2) is 0 Å². The summed E-state index contributed by atoms with van der Waals surface area (Å²) in [5.74, 6) is 7.43. The Bertz CT molecular complexity index is 1910. The zero-order valence-corrected chi connectivity index (χ0v) is 21.6. The number of pyridine rings is 1. The predicted molar refractivity (Wildman–Crippen MR) is 148 cm³/mol. The van der Waals surface area contributed by atoms with Gasteiger partial charge in [0, 0.05) is 0 Å². The zero-order chi connectivity index (χ0) is 22.5. The summed E-state index contributed by atoms with van der Waals surface area (Å²) in [6.07, 6.45) is 2.00. The Morgan fingerprint density at radius 3 is 2.18 bits per heavy atom. The van der Waals surface area contributed by atoms with Crippen molar-refractivity contribution >= 4 is 82.4 Å². The molecule has 1 heterocycles. The first kappa shape index (κ1) is 19.3. The molecule has 7 rings (SSSR count). The van der Waals surface area contributed by atoms with E-state index in [-0.39, 0.29) is 0 Å². The first-order valence-corrected chi connectivity index (χ1v) is 19.1. The molecule has 0 aliphatic rings. The minimum absolute atomic E-state index is 1.12. The average molecular weight is 484 g/mol. The van der Waals surface area contributed by atoms with Gasteiger partial charge in [-0.2, -0.15) is 0 Å². The van der Waals surface area contributed by atoms with Gasteiger partial charge in [0.05, 0.1) is 0 Å². The van der Waals surface area contributed by atoms with Crippen LogP contribution in [0.15, 0.2) is 79.0 Å². The Hall–Kier alpha value is -3.17. The Balaban J connectivity index is 1.83. The number of benzene rings is 6. The number of fused-ring (bicyclic) bond motifs is 7. The molecule has 0 fully saturated rings. The summed E-state index contributed by atoms with van der Waals surface area (Å²) < 4.78 is 1.56. The summed E-state index contributed by atoms with van der Waals surface area (Å²) in [6.45, 7) is 2.28. The Morgan fingerprint density at radius 1 is 0.576 bits per heavy atom. The van der Waals surface area contributed by atoms with E-state index < -0.39 is 13.3 Å². The summed E-state index contributed by atoms with van der Waals surface area (Å²) in [6, 6.07) is 27.4. The van der Waals surface area contributed by atoms with Gasteiger partial charge in [-0.3, -0.25) is 0 Å². The molecule has 1 aromatic heterocycles. The Labute approximate surface area is 195 Å². The molecule has 0 unspecified atom stereocenters. The second-order valence-electron chi connectivity index (χ2n) is 10.5. The minimum atomic E-state index is -1.96. The summed E-state index contributed by atoms with van der Waals surface area (Å²) in [7, 11) is 0. The van der Waals surface area contributed by atoms with Crippen LogP contribution in [0.4, 0.5) is 0 Å². The van der Waals surface area contributed by atoms with Gasteiger partial charge in [-0.05, 0) is 0 Å². The van der Waals surface area contributed by atoms with Crippen LogP contribution in [0, 0.1) is 6.92 Å². The zero-order valence-electron chi connectivity index (χ0n) is 19.5. The summed E-state index contributed by atoms with van der Waals surface area (Å²) in [5.41, 5.74) is 2.47. The molecule has 0 amide bonds.